The average molecular weight is 231 g/mol. The number of nitrogens with one attached hydrogen (secondary N) is 1. The van der Waals surface area contributed by atoms with E-state index < -0.39 is 23.3 Å². The molecule has 0 radical (unpaired) electrons. The van der Waals surface area contributed by atoms with Crippen LogP contribution in [0, 0.1) is 0 Å². The molecule has 0 saturated heterocycles. The van der Waals surface area contributed by atoms with Gasteiger partial charge in [-0.25, -0.2) is 9.59 Å². The van der Waals surface area contributed by atoms with E-state index in [1.54, 1.807) is 0 Å². The molecule has 1 rings (SSSR count). The van der Waals surface area contributed by atoms with Gasteiger partial charge in [-0.3, -0.25) is 14.3 Å². The molecule has 0 fully saturated rings. The molecule has 2 N–H and O–H groups in total. The summed E-state index contributed by atoms with van der Waals surface area (Å²) in [5.41, 5.74) is -1.61. The van der Waals surface area contributed by atoms with Crippen molar-refractivity contribution in [3.63, 3.8) is 0 Å². The summed E-state index contributed by atoms with van der Waals surface area (Å²) in [6.07, 6.45) is 2.02. The molecule has 80 valence electrons. The minimum atomic E-state index is -1.27. The number of hydrogen-bond donors (Lipinski definition) is 2. The molecule has 0 saturated carbocycles. The van der Waals surface area contributed by atoms with Crippen molar-refractivity contribution >= 4 is 17.6 Å². The fourth-order valence-corrected chi connectivity index (χ4v) is 1.15. The fraction of sp³-hybridized carbons (Fsp3) is 0.125. The van der Waals surface area contributed by atoms with Gasteiger partial charge in [0, 0.05) is 6.20 Å². The van der Waals surface area contributed by atoms with E-state index in [4.69, 9.17) is 16.7 Å². The lowest BCUT2D eigenvalue weighted by molar-refractivity contribution is -0.139. The summed E-state index contributed by atoms with van der Waals surface area (Å²) in [5, 5.41) is 8.48. The van der Waals surface area contributed by atoms with E-state index in [0.29, 0.717) is 0 Å². The zero-order valence-corrected chi connectivity index (χ0v) is 8.19. The Morgan fingerprint density at radius 3 is 2.73 bits per heavy atom. The van der Waals surface area contributed by atoms with Crippen LogP contribution in [-0.4, -0.2) is 20.6 Å². The standard InChI is InChI=1S/C8H7ClN2O4/c1-2-5(7(13)14)11-3-4(9)6(12)10-8(11)15/h2-3,5H,1H2,(H,13,14)(H,10,12,15). The maximum Gasteiger partial charge on any atom is 0.330 e. The van der Waals surface area contributed by atoms with Crippen molar-refractivity contribution < 1.29 is 9.90 Å². The van der Waals surface area contributed by atoms with Gasteiger partial charge >= 0.3 is 11.7 Å². The molecule has 7 heteroatoms. The van der Waals surface area contributed by atoms with Crippen molar-refractivity contribution in [3.8, 4) is 0 Å². The van der Waals surface area contributed by atoms with Crippen LogP contribution in [0.15, 0.2) is 28.4 Å². The summed E-state index contributed by atoms with van der Waals surface area (Å²) in [7, 11) is 0. The van der Waals surface area contributed by atoms with Crippen molar-refractivity contribution in [1.29, 1.82) is 0 Å². The second kappa shape index (κ2) is 4.14. The minimum Gasteiger partial charge on any atom is -0.479 e. The van der Waals surface area contributed by atoms with Gasteiger partial charge in [-0.15, -0.1) is 6.58 Å². The molecule has 0 aliphatic carbocycles. The topological polar surface area (TPSA) is 92.2 Å². The zero-order chi connectivity index (χ0) is 11.6. The largest absolute Gasteiger partial charge is 0.479 e. The van der Waals surface area contributed by atoms with Crippen LogP contribution in [0.4, 0.5) is 0 Å². The van der Waals surface area contributed by atoms with Crippen molar-refractivity contribution in [1.82, 2.24) is 9.55 Å². The molecule has 0 aromatic carbocycles. The molecule has 1 heterocycles. The number of aromatic amines is 1. The molecule has 0 bridgehead atoms. The Hall–Kier alpha value is -1.82. The van der Waals surface area contributed by atoms with Crippen LogP contribution >= 0.6 is 11.6 Å². The lowest BCUT2D eigenvalue weighted by Gasteiger charge is -2.10. The van der Waals surface area contributed by atoms with Gasteiger partial charge < -0.3 is 5.11 Å². The van der Waals surface area contributed by atoms with Crippen LogP contribution in [0.2, 0.25) is 5.02 Å². The van der Waals surface area contributed by atoms with Crippen LogP contribution in [0.5, 0.6) is 0 Å². The van der Waals surface area contributed by atoms with E-state index in [0.717, 1.165) is 16.8 Å². The van der Waals surface area contributed by atoms with Crippen LogP contribution in [0.3, 0.4) is 0 Å². The van der Waals surface area contributed by atoms with Crippen molar-refractivity contribution in [3.05, 3.63) is 44.7 Å². The van der Waals surface area contributed by atoms with E-state index in [-0.39, 0.29) is 5.02 Å². The van der Waals surface area contributed by atoms with Gasteiger partial charge in [-0.05, 0) is 0 Å². The number of rotatable bonds is 3. The third-order valence-electron chi connectivity index (χ3n) is 1.70. The molecule has 1 aromatic rings. The predicted molar refractivity (Wildman–Crippen MR) is 53.2 cm³/mol. The first-order valence-corrected chi connectivity index (χ1v) is 4.21. The number of carboxylic acid groups (broad SMARTS) is 1. The van der Waals surface area contributed by atoms with Gasteiger partial charge in [0.15, 0.2) is 6.04 Å². The van der Waals surface area contributed by atoms with E-state index in [1.165, 1.54) is 0 Å². The van der Waals surface area contributed by atoms with Gasteiger partial charge in [0.25, 0.3) is 5.56 Å². The normalized spacial score (nSPS) is 12.1. The third kappa shape index (κ3) is 2.16. The fourth-order valence-electron chi connectivity index (χ4n) is 1.00. The molecule has 15 heavy (non-hydrogen) atoms. The van der Waals surface area contributed by atoms with Gasteiger partial charge in [0.1, 0.15) is 5.02 Å². The van der Waals surface area contributed by atoms with Crippen LogP contribution in [0.25, 0.3) is 0 Å². The molecular formula is C8H7ClN2O4. The summed E-state index contributed by atoms with van der Waals surface area (Å²) in [6, 6.07) is -1.26. The highest BCUT2D eigenvalue weighted by molar-refractivity contribution is 6.30. The van der Waals surface area contributed by atoms with E-state index in [1.807, 2.05) is 4.98 Å². The molecule has 1 aromatic heterocycles. The lowest BCUT2D eigenvalue weighted by atomic mass is 10.3. The Kier molecular flexibility index (Phi) is 3.11. The quantitative estimate of drug-likeness (QED) is 0.715. The maximum absolute atomic E-state index is 11.2. The Balaban J connectivity index is 3.43. The Labute approximate surface area is 88.4 Å². The van der Waals surface area contributed by atoms with Gasteiger partial charge in [-0.1, -0.05) is 17.7 Å². The summed E-state index contributed by atoms with van der Waals surface area (Å²) in [5.74, 6) is -1.27. The van der Waals surface area contributed by atoms with Crippen LogP contribution < -0.4 is 11.2 Å². The highest BCUT2D eigenvalue weighted by Crippen LogP contribution is 2.06. The summed E-state index contributed by atoms with van der Waals surface area (Å²) < 4.78 is 0.777. The Bertz CT molecular complexity index is 516. The third-order valence-corrected chi connectivity index (χ3v) is 1.97. The van der Waals surface area contributed by atoms with E-state index in [9.17, 15) is 14.4 Å². The predicted octanol–water partition coefficient (Wildman–Crippen LogP) is 0.00170. The number of aliphatic carboxylic acids is 1. The number of hydrogen-bond acceptors (Lipinski definition) is 3. The number of aromatic nitrogens is 2. The number of carbonyl (C=O) groups is 1. The molecule has 1 unspecified atom stereocenters. The van der Waals surface area contributed by atoms with Crippen molar-refractivity contribution in [2.24, 2.45) is 0 Å². The van der Waals surface area contributed by atoms with E-state index in [2.05, 4.69) is 6.58 Å². The van der Waals surface area contributed by atoms with Crippen LogP contribution in [-0.2, 0) is 4.79 Å². The molecule has 1 atom stereocenters. The number of nitrogens with zero attached hydrogens (tertiary/aromatic N) is 1. The first-order chi connectivity index (χ1) is 6.97. The second-order valence-electron chi connectivity index (χ2n) is 2.66. The lowest BCUT2D eigenvalue weighted by Crippen LogP contribution is -2.34. The Morgan fingerprint density at radius 2 is 2.27 bits per heavy atom. The van der Waals surface area contributed by atoms with Crippen LogP contribution in [0.1, 0.15) is 6.04 Å². The van der Waals surface area contributed by atoms with Gasteiger partial charge in [0.05, 0.1) is 0 Å². The Morgan fingerprint density at radius 1 is 1.67 bits per heavy atom. The number of halogens is 1. The van der Waals surface area contributed by atoms with Crippen molar-refractivity contribution in [2.75, 3.05) is 0 Å². The highest BCUT2D eigenvalue weighted by atomic mass is 35.5. The first kappa shape index (κ1) is 11.3. The highest BCUT2D eigenvalue weighted by Gasteiger charge is 2.17. The molecule has 0 aliphatic rings. The summed E-state index contributed by atoms with van der Waals surface area (Å²) >= 11 is 5.46. The zero-order valence-electron chi connectivity index (χ0n) is 7.44. The van der Waals surface area contributed by atoms with Crippen molar-refractivity contribution in [2.45, 2.75) is 6.04 Å². The SMILES string of the molecule is C=CC(C(=O)O)n1cc(Cl)c(=O)[nH]c1=O. The molecule has 0 spiro atoms. The molecular weight excluding hydrogens is 224 g/mol. The molecule has 0 amide bonds. The smallest absolute Gasteiger partial charge is 0.330 e. The number of H-pyrrole nitrogens is 1. The van der Waals surface area contributed by atoms with Gasteiger partial charge in [0.2, 0.25) is 0 Å². The average Bonchev–Trinajstić information content (AvgIpc) is 2.14. The molecule has 6 nitrogen and oxygen atoms in total. The van der Waals surface area contributed by atoms with Gasteiger partial charge in [-0.2, -0.15) is 0 Å². The number of carboxylic acids is 1. The monoisotopic (exact) mass is 230 g/mol. The maximum atomic E-state index is 11.2. The van der Waals surface area contributed by atoms with E-state index >= 15 is 0 Å². The summed E-state index contributed by atoms with van der Waals surface area (Å²) in [6.45, 7) is 3.28. The minimum absolute atomic E-state index is 0.261. The first-order valence-electron chi connectivity index (χ1n) is 3.83. The molecule has 0 aliphatic heterocycles. The summed E-state index contributed by atoms with van der Waals surface area (Å²) in [4.78, 5) is 34.7. The second-order valence-corrected chi connectivity index (χ2v) is 3.07.